The number of nitrogens with zero attached hydrogens (tertiary/aromatic N) is 1. The monoisotopic (exact) mass is 484 g/mol. The molecular weight excluding hydrogens is 456 g/mol. The molecule has 0 saturated heterocycles. The average molecular weight is 485 g/mol. The van der Waals surface area contributed by atoms with Crippen molar-refractivity contribution in [2.75, 3.05) is 0 Å². The number of pyridine rings is 1. The average Bonchev–Trinajstić information content (AvgIpc) is 2.89. The van der Waals surface area contributed by atoms with Crippen LogP contribution >= 0.6 is 11.6 Å². The summed E-state index contributed by atoms with van der Waals surface area (Å²) in [4.78, 5) is 27.6. The fourth-order valence-corrected chi connectivity index (χ4v) is 5.77. The minimum Gasteiger partial charge on any atom is -0.345 e. The molecule has 0 spiro atoms. The molecule has 0 aliphatic heterocycles. The molecule has 3 aromatic carbocycles. The Kier molecular flexibility index (Phi) is 6.74. The molecule has 1 amide bonds. The number of para-hydroxylation sites is 1. The first-order valence-corrected chi connectivity index (χ1v) is 12.7. The van der Waals surface area contributed by atoms with Gasteiger partial charge in [0.05, 0.1) is 22.0 Å². The van der Waals surface area contributed by atoms with E-state index in [9.17, 15) is 9.59 Å². The molecule has 1 atom stereocenters. The molecule has 1 aliphatic rings. The molecule has 1 saturated carbocycles. The van der Waals surface area contributed by atoms with Crippen LogP contribution < -0.4 is 10.9 Å². The zero-order valence-corrected chi connectivity index (χ0v) is 20.6. The number of nitrogens with one attached hydrogen (secondary N) is 1. The maximum atomic E-state index is 14.0. The van der Waals surface area contributed by atoms with Crippen LogP contribution in [0.4, 0.5) is 0 Å². The van der Waals surface area contributed by atoms with Crippen molar-refractivity contribution in [3.8, 4) is 5.69 Å². The third-order valence-electron chi connectivity index (χ3n) is 7.21. The van der Waals surface area contributed by atoms with E-state index in [1.807, 2.05) is 61.5 Å². The highest BCUT2D eigenvalue weighted by Gasteiger charge is 2.29. The molecule has 4 aromatic rings. The highest BCUT2D eigenvalue weighted by molar-refractivity contribution is 6.36. The third kappa shape index (κ3) is 4.51. The second-order valence-electron chi connectivity index (χ2n) is 9.36. The number of fused-ring (bicyclic) bond motifs is 1. The van der Waals surface area contributed by atoms with Crippen LogP contribution in [-0.2, 0) is 0 Å². The van der Waals surface area contributed by atoms with Gasteiger partial charge >= 0.3 is 0 Å². The number of carbonyl (C=O) groups excluding carboxylic acids is 1. The molecule has 1 aliphatic carbocycles. The van der Waals surface area contributed by atoms with Gasteiger partial charge in [-0.1, -0.05) is 91.5 Å². The second kappa shape index (κ2) is 10.1. The Morgan fingerprint density at radius 2 is 1.57 bits per heavy atom. The topological polar surface area (TPSA) is 51.1 Å². The molecule has 1 heterocycles. The minimum atomic E-state index is -0.224. The van der Waals surface area contributed by atoms with Crippen LogP contribution in [0.3, 0.4) is 0 Å². The van der Waals surface area contributed by atoms with E-state index in [4.69, 9.17) is 11.6 Å². The molecular formula is C30H29ClN2O2. The lowest BCUT2D eigenvalue weighted by Gasteiger charge is -2.32. The predicted octanol–water partition coefficient (Wildman–Crippen LogP) is 7.00. The molecule has 1 aromatic heterocycles. The number of halogens is 1. The highest BCUT2D eigenvalue weighted by Crippen LogP contribution is 2.35. The SMILES string of the molecule is Cc1c(C(=O)N[C@H](c2ccccc2)C2CCCCC2)c2cccc(Cl)c2c(=O)n1-c1ccccc1. The van der Waals surface area contributed by atoms with E-state index in [2.05, 4.69) is 17.4 Å². The van der Waals surface area contributed by atoms with Crippen LogP contribution in [0, 0.1) is 12.8 Å². The molecule has 0 bridgehead atoms. The molecule has 5 heteroatoms. The lowest BCUT2D eigenvalue weighted by atomic mass is 9.81. The summed E-state index contributed by atoms with van der Waals surface area (Å²) in [7, 11) is 0. The molecule has 5 rings (SSSR count). The van der Waals surface area contributed by atoms with Crippen molar-refractivity contribution in [2.45, 2.75) is 45.1 Å². The highest BCUT2D eigenvalue weighted by atomic mass is 35.5. The van der Waals surface area contributed by atoms with Gasteiger partial charge in [-0.25, -0.2) is 0 Å². The standard InChI is InChI=1S/C30H29ClN2O2/c1-20-26(29(34)32-28(21-12-5-2-6-13-21)22-14-7-3-8-15-22)24-18-11-19-25(31)27(24)30(35)33(20)23-16-9-4-10-17-23/h2,4-6,9-13,16-19,22,28H,3,7-8,14-15H2,1H3,(H,32,34)/t28-/m1/s1. The minimum absolute atomic E-state index is 0.0882. The van der Waals surface area contributed by atoms with Crippen LogP contribution in [-0.4, -0.2) is 10.5 Å². The Balaban J connectivity index is 1.66. The van der Waals surface area contributed by atoms with Crippen LogP contribution in [0.25, 0.3) is 16.5 Å². The Hall–Kier alpha value is -3.37. The molecule has 1 fully saturated rings. The molecule has 35 heavy (non-hydrogen) atoms. The van der Waals surface area contributed by atoms with Crippen molar-refractivity contribution in [3.63, 3.8) is 0 Å². The fourth-order valence-electron chi connectivity index (χ4n) is 5.51. The normalized spacial score (nSPS) is 15.1. The Labute approximate surface area is 210 Å². The van der Waals surface area contributed by atoms with Gasteiger partial charge in [-0.3, -0.25) is 14.2 Å². The number of aromatic nitrogens is 1. The molecule has 0 radical (unpaired) electrons. The van der Waals surface area contributed by atoms with Gasteiger partial charge in [0, 0.05) is 16.8 Å². The van der Waals surface area contributed by atoms with Crippen molar-refractivity contribution in [1.29, 1.82) is 0 Å². The largest absolute Gasteiger partial charge is 0.345 e. The van der Waals surface area contributed by atoms with Crippen LogP contribution in [0.1, 0.15) is 59.8 Å². The smallest absolute Gasteiger partial charge is 0.264 e. The van der Waals surface area contributed by atoms with Crippen molar-refractivity contribution >= 4 is 28.3 Å². The second-order valence-corrected chi connectivity index (χ2v) is 9.77. The summed E-state index contributed by atoms with van der Waals surface area (Å²) in [6.45, 7) is 1.84. The van der Waals surface area contributed by atoms with E-state index in [1.54, 1.807) is 16.7 Å². The number of benzene rings is 3. The van der Waals surface area contributed by atoms with Crippen LogP contribution in [0.2, 0.25) is 5.02 Å². The summed E-state index contributed by atoms with van der Waals surface area (Å²) in [6.07, 6.45) is 5.79. The number of hydrogen-bond donors (Lipinski definition) is 1. The maximum Gasteiger partial charge on any atom is 0.264 e. The van der Waals surface area contributed by atoms with E-state index in [-0.39, 0.29) is 17.5 Å². The fraction of sp³-hybridized carbons (Fsp3) is 0.267. The van der Waals surface area contributed by atoms with Crippen LogP contribution in [0.15, 0.2) is 83.7 Å². The van der Waals surface area contributed by atoms with Gasteiger partial charge in [0.2, 0.25) is 0 Å². The van der Waals surface area contributed by atoms with E-state index >= 15 is 0 Å². The quantitative estimate of drug-likeness (QED) is 0.331. The summed E-state index contributed by atoms with van der Waals surface area (Å²) in [5.41, 5.74) is 2.69. The van der Waals surface area contributed by atoms with E-state index < -0.39 is 0 Å². The van der Waals surface area contributed by atoms with E-state index in [1.165, 1.54) is 19.3 Å². The first-order valence-electron chi connectivity index (χ1n) is 12.3. The van der Waals surface area contributed by atoms with Gasteiger partial charge in [0.1, 0.15) is 0 Å². The van der Waals surface area contributed by atoms with Gasteiger partial charge in [0.25, 0.3) is 11.5 Å². The molecule has 1 N–H and O–H groups in total. The van der Waals surface area contributed by atoms with Crippen LogP contribution in [0.5, 0.6) is 0 Å². The number of carbonyl (C=O) groups is 1. The summed E-state index contributed by atoms with van der Waals surface area (Å²) in [5, 5.41) is 4.67. The van der Waals surface area contributed by atoms with Crippen molar-refractivity contribution in [3.05, 3.63) is 111 Å². The third-order valence-corrected chi connectivity index (χ3v) is 7.52. The van der Waals surface area contributed by atoms with E-state index in [0.717, 1.165) is 18.4 Å². The zero-order valence-electron chi connectivity index (χ0n) is 19.8. The van der Waals surface area contributed by atoms with Crippen molar-refractivity contribution in [2.24, 2.45) is 5.92 Å². The van der Waals surface area contributed by atoms with Gasteiger partial charge in [-0.2, -0.15) is 0 Å². The Morgan fingerprint density at radius 1 is 0.914 bits per heavy atom. The van der Waals surface area contributed by atoms with Gasteiger partial charge < -0.3 is 5.32 Å². The van der Waals surface area contributed by atoms with Crippen molar-refractivity contribution in [1.82, 2.24) is 9.88 Å². The number of hydrogen-bond acceptors (Lipinski definition) is 2. The number of amides is 1. The Morgan fingerprint density at radius 3 is 2.26 bits per heavy atom. The maximum absolute atomic E-state index is 14.0. The van der Waals surface area contributed by atoms with Gasteiger partial charge in [0.15, 0.2) is 0 Å². The first-order chi connectivity index (χ1) is 17.1. The summed E-state index contributed by atoms with van der Waals surface area (Å²) < 4.78 is 1.60. The lowest BCUT2D eigenvalue weighted by molar-refractivity contribution is 0.0913. The molecule has 178 valence electrons. The van der Waals surface area contributed by atoms with Gasteiger partial charge in [-0.15, -0.1) is 0 Å². The zero-order chi connectivity index (χ0) is 24.4. The lowest BCUT2D eigenvalue weighted by Crippen LogP contribution is -2.36. The predicted molar refractivity (Wildman–Crippen MR) is 143 cm³/mol. The summed E-state index contributed by atoms with van der Waals surface area (Å²) in [6, 6.07) is 24.8. The number of rotatable bonds is 5. The van der Waals surface area contributed by atoms with Gasteiger partial charge in [-0.05, 0) is 49.4 Å². The van der Waals surface area contributed by atoms with Crippen molar-refractivity contribution < 1.29 is 4.79 Å². The first kappa shape index (κ1) is 23.4. The van der Waals surface area contributed by atoms with E-state index in [0.29, 0.717) is 38.7 Å². The summed E-state index contributed by atoms with van der Waals surface area (Å²) in [5.74, 6) is 0.198. The molecule has 0 unspecified atom stereocenters. The Bertz CT molecular complexity index is 1410. The summed E-state index contributed by atoms with van der Waals surface area (Å²) >= 11 is 6.53. The molecule has 4 nitrogen and oxygen atoms in total.